The van der Waals surface area contributed by atoms with Crippen LogP contribution in [-0.4, -0.2) is 22.7 Å². The summed E-state index contributed by atoms with van der Waals surface area (Å²) < 4.78 is 10.0. The lowest BCUT2D eigenvalue weighted by molar-refractivity contribution is -0.145. The van der Waals surface area contributed by atoms with Gasteiger partial charge in [0, 0.05) is 5.92 Å². The van der Waals surface area contributed by atoms with Crippen molar-refractivity contribution in [1.82, 2.24) is 10.1 Å². The number of ether oxygens (including phenoxy) is 1. The average Bonchev–Trinajstić information content (AvgIpc) is 2.73. The number of hydrogen-bond donors (Lipinski definition) is 0. The van der Waals surface area contributed by atoms with E-state index in [-0.39, 0.29) is 11.4 Å². The van der Waals surface area contributed by atoms with Gasteiger partial charge in [0.1, 0.15) is 5.92 Å². The summed E-state index contributed by atoms with van der Waals surface area (Å²) in [5.74, 6) is 0.604. The maximum absolute atomic E-state index is 11.5. The topological polar surface area (TPSA) is 65.2 Å². The van der Waals surface area contributed by atoms with E-state index in [9.17, 15) is 4.79 Å². The highest BCUT2D eigenvalue weighted by atomic mass is 16.5. The van der Waals surface area contributed by atoms with Crippen molar-refractivity contribution in [1.29, 1.82) is 0 Å². The van der Waals surface area contributed by atoms with Crippen LogP contribution in [0.15, 0.2) is 4.52 Å². The van der Waals surface area contributed by atoms with Crippen LogP contribution in [0.1, 0.15) is 57.7 Å². The predicted octanol–water partition coefficient (Wildman–Crippen LogP) is 2.25. The highest BCUT2D eigenvalue weighted by Crippen LogP contribution is 2.57. The molecule has 0 aromatic carbocycles. The first-order valence-corrected chi connectivity index (χ1v) is 5.96. The van der Waals surface area contributed by atoms with Crippen molar-refractivity contribution in [3.8, 4) is 0 Å². The summed E-state index contributed by atoms with van der Waals surface area (Å²) in [6.45, 7) is 8.19. The summed E-state index contributed by atoms with van der Waals surface area (Å²) in [7, 11) is 0. The molecule has 2 unspecified atom stereocenters. The standard InChI is InChI=1S/C12H18N2O3/c1-5-16-11(15)7(2)10-13-9(14-17-10)8-6-12(8,3)4/h7-8H,5-6H2,1-4H3. The molecule has 17 heavy (non-hydrogen) atoms. The Morgan fingerprint density at radius 3 is 2.82 bits per heavy atom. The molecule has 1 aliphatic carbocycles. The number of esters is 1. The Labute approximate surface area is 101 Å². The average molecular weight is 238 g/mol. The minimum Gasteiger partial charge on any atom is -0.465 e. The van der Waals surface area contributed by atoms with Gasteiger partial charge in [0.25, 0.3) is 0 Å². The molecule has 1 fully saturated rings. The first-order chi connectivity index (χ1) is 7.95. The summed E-state index contributed by atoms with van der Waals surface area (Å²) in [5, 5.41) is 3.94. The number of carbonyl (C=O) groups is 1. The molecule has 1 aromatic rings. The number of hydrogen-bond acceptors (Lipinski definition) is 5. The third kappa shape index (κ3) is 2.33. The molecular formula is C12H18N2O3. The molecule has 1 heterocycles. The lowest BCUT2D eigenvalue weighted by Gasteiger charge is -2.04. The fourth-order valence-corrected chi connectivity index (χ4v) is 1.84. The van der Waals surface area contributed by atoms with Gasteiger partial charge >= 0.3 is 5.97 Å². The van der Waals surface area contributed by atoms with Crippen LogP contribution in [0.25, 0.3) is 0 Å². The summed E-state index contributed by atoms with van der Waals surface area (Å²) in [6.07, 6.45) is 1.07. The molecule has 0 N–H and O–H groups in total. The molecule has 5 nitrogen and oxygen atoms in total. The molecule has 0 amide bonds. The van der Waals surface area contributed by atoms with E-state index in [1.54, 1.807) is 13.8 Å². The largest absolute Gasteiger partial charge is 0.465 e. The van der Waals surface area contributed by atoms with E-state index in [4.69, 9.17) is 9.26 Å². The van der Waals surface area contributed by atoms with Crippen molar-refractivity contribution in [2.24, 2.45) is 5.41 Å². The van der Waals surface area contributed by atoms with E-state index in [1.165, 1.54) is 0 Å². The predicted molar refractivity (Wildman–Crippen MR) is 60.5 cm³/mol. The molecule has 0 bridgehead atoms. The molecule has 0 radical (unpaired) electrons. The van der Waals surface area contributed by atoms with Crippen molar-refractivity contribution >= 4 is 5.97 Å². The molecule has 0 spiro atoms. The molecule has 5 heteroatoms. The summed E-state index contributed by atoms with van der Waals surface area (Å²) in [5.41, 5.74) is 0.258. The summed E-state index contributed by atoms with van der Waals surface area (Å²) in [4.78, 5) is 15.8. The number of aromatic nitrogens is 2. The molecule has 94 valence electrons. The van der Waals surface area contributed by atoms with Gasteiger partial charge < -0.3 is 9.26 Å². The lowest BCUT2D eigenvalue weighted by atomic mass is 10.1. The van der Waals surface area contributed by atoms with Gasteiger partial charge in [-0.1, -0.05) is 19.0 Å². The Kier molecular flexibility index (Phi) is 2.93. The maximum Gasteiger partial charge on any atom is 0.318 e. The van der Waals surface area contributed by atoms with Crippen molar-refractivity contribution in [2.75, 3.05) is 6.61 Å². The van der Waals surface area contributed by atoms with Gasteiger partial charge in [-0.15, -0.1) is 0 Å². The maximum atomic E-state index is 11.5. The fraction of sp³-hybridized carbons (Fsp3) is 0.750. The smallest absolute Gasteiger partial charge is 0.318 e. The number of nitrogens with zero attached hydrogens (tertiary/aromatic N) is 2. The summed E-state index contributed by atoms with van der Waals surface area (Å²) >= 11 is 0. The molecular weight excluding hydrogens is 220 g/mol. The zero-order chi connectivity index (χ0) is 12.6. The van der Waals surface area contributed by atoms with E-state index in [2.05, 4.69) is 24.0 Å². The molecule has 2 rings (SSSR count). The van der Waals surface area contributed by atoms with E-state index < -0.39 is 5.92 Å². The van der Waals surface area contributed by atoms with Gasteiger partial charge in [-0.05, 0) is 25.7 Å². The Bertz CT molecular complexity index is 425. The van der Waals surface area contributed by atoms with Gasteiger partial charge in [-0.2, -0.15) is 4.98 Å². The van der Waals surface area contributed by atoms with Crippen LogP contribution in [0.4, 0.5) is 0 Å². The lowest BCUT2D eigenvalue weighted by Crippen LogP contribution is -2.13. The van der Waals surface area contributed by atoms with Crippen LogP contribution in [0, 0.1) is 5.41 Å². The van der Waals surface area contributed by atoms with Crippen LogP contribution in [-0.2, 0) is 9.53 Å². The van der Waals surface area contributed by atoms with E-state index >= 15 is 0 Å². The molecule has 1 aliphatic rings. The van der Waals surface area contributed by atoms with Gasteiger partial charge in [0.2, 0.25) is 5.89 Å². The Morgan fingerprint density at radius 1 is 1.65 bits per heavy atom. The third-order valence-electron chi connectivity index (χ3n) is 3.29. The van der Waals surface area contributed by atoms with Crippen molar-refractivity contribution in [3.05, 3.63) is 11.7 Å². The Balaban J connectivity index is 2.06. The zero-order valence-electron chi connectivity index (χ0n) is 10.7. The third-order valence-corrected chi connectivity index (χ3v) is 3.29. The van der Waals surface area contributed by atoms with Crippen LogP contribution >= 0.6 is 0 Å². The van der Waals surface area contributed by atoms with Crippen molar-refractivity contribution in [2.45, 2.75) is 46.0 Å². The second-order valence-electron chi connectivity index (χ2n) is 5.21. The quantitative estimate of drug-likeness (QED) is 0.753. The van der Waals surface area contributed by atoms with Crippen LogP contribution < -0.4 is 0 Å². The minimum atomic E-state index is -0.488. The number of rotatable bonds is 4. The van der Waals surface area contributed by atoms with E-state index in [0.717, 1.165) is 6.42 Å². The van der Waals surface area contributed by atoms with Crippen LogP contribution in [0.2, 0.25) is 0 Å². The Morgan fingerprint density at radius 2 is 2.29 bits per heavy atom. The van der Waals surface area contributed by atoms with Crippen molar-refractivity contribution in [3.63, 3.8) is 0 Å². The van der Waals surface area contributed by atoms with Crippen LogP contribution in [0.5, 0.6) is 0 Å². The second kappa shape index (κ2) is 4.13. The van der Waals surface area contributed by atoms with Crippen LogP contribution in [0.3, 0.4) is 0 Å². The fourth-order valence-electron chi connectivity index (χ4n) is 1.84. The SMILES string of the molecule is CCOC(=O)C(C)c1nc(C2CC2(C)C)no1. The van der Waals surface area contributed by atoms with Crippen molar-refractivity contribution < 1.29 is 14.1 Å². The van der Waals surface area contributed by atoms with Gasteiger partial charge in [0.15, 0.2) is 5.82 Å². The molecule has 1 saturated carbocycles. The summed E-state index contributed by atoms with van der Waals surface area (Å²) in [6, 6.07) is 0. The number of carbonyl (C=O) groups excluding carboxylic acids is 1. The van der Waals surface area contributed by atoms with E-state index in [1.807, 2.05) is 0 Å². The first kappa shape index (κ1) is 12.1. The normalized spacial score (nSPS) is 23.2. The zero-order valence-corrected chi connectivity index (χ0v) is 10.7. The molecule has 0 aliphatic heterocycles. The molecule has 0 saturated heterocycles. The van der Waals surface area contributed by atoms with Gasteiger partial charge in [-0.25, -0.2) is 0 Å². The highest BCUT2D eigenvalue weighted by molar-refractivity contribution is 5.76. The first-order valence-electron chi connectivity index (χ1n) is 5.96. The highest BCUT2D eigenvalue weighted by Gasteiger charge is 2.49. The molecule has 2 atom stereocenters. The van der Waals surface area contributed by atoms with E-state index in [0.29, 0.717) is 24.2 Å². The molecule has 1 aromatic heterocycles. The minimum absolute atomic E-state index is 0.258. The van der Waals surface area contributed by atoms with Gasteiger partial charge in [-0.3, -0.25) is 4.79 Å². The monoisotopic (exact) mass is 238 g/mol. The van der Waals surface area contributed by atoms with Gasteiger partial charge in [0.05, 0.1) is 6.61 Å². The second-order valence-corrected chi connectivity index (χ2v) is 5.21. The Hall–Kier alpha value is -1.39.